The minimum atomic E-state index is -0.255. The van der Waals surface area contributed by atoms with Gasteiger partial charge in [-0.15, -0.1) is 0 Å². The SMILES string of the molecule is COCc1cc(C(=O)Nc2cc(C3CC(Oc4cnccc4C4CC4)C3)[nH]n2)n(C)n1. The number of nitrogens with one attached hydrogen (secondary N) is 2. The smallest absolute Gasteiger partial charge is 0.275 e. The standard InChI is InChI=1S/C22H26N6O3/c1-28-19(9-15(27-28)12-30-2)22(29)24-21-10-18(25-26-21)14-7-16(8-14)31-20-11-23-6-5-17(20)13-3-4-13/h5-6,9-11,13-14,16H,3-4,7-8,12H2,1-2H3,(H2,24,25,26,29). The molecule has 2 N–H and O–H groups in total. The number of amides is 1. The lowest BCUT2D eigenvalue weighted by Crippen LogP contribution is -2.32. The Balaban J connectivity index is 1.16. The summed E-state index contributed by atoms with van der Waals surface area (Å²) in [6, 6.07) is 5.69. The molecule has 2 saturated carbocycles. The second-order valence-electron chi connectivity index (χ2n) is 8.34. The Bertz CT molecular complexity index is 1080. The maximum Gasteiger partial charge on any atom is 0.275 e. The van der Waals surface area contributed by atoms with E-state index < -0.39 is 0 Å². The quantitative estimate of drug-likeness (QED) is 0.578. The number of pyridine rings is 1. The number of nitrogens with zero attached hydrogens (tertiary/aromatic N) is 4. The van der Waals surface area contributed by atoms with E-state index in [-0.39, 0.29) is 12.0 Å². The number of rotatable bonds is 8. The predicted octanol–water partition coefficient (Wildman–Crippen LogP) is 3.14. The molecular formula is C22H26N6O3. The summed E-state index contributed by atoms with van der Waals surface area (Å²) in [7, 11) is 3.33. The molecule has 9 nitrogen and oxygen atoms in total. The molecule has 0 unspecified atom stereocenters. The molecule has 0 saturated heterocycles. The van der Waals surface area contributed by atoms with Crippen LogP contribution in [-0.2, 0) is 18.4 Å². The number of aryl methyl sites for hydroxylation is 1. The molecule has 162 valence electrons. The fraction of sp³-hybridized carbons (Fsp3) is 0.455. The molecule has 0 aromatic carbocycles. The molecule has 0 aliphatic heterocycles. The van der Waals surface area contributed by atoms with E-state index in [1.807, 2.05) is 18.5 Å². The molecule has 3 heterocycles. The number of hydrogen-bond acceptors (Lipinski definition) is 6. The second kappa shape index (κ2) is 8.14. The first kappa shape index (κ1) is 19.7. The van der Waals surface area contributed by atoms with Gasteiger partial charge in [0.2, 0.25) is 0 Å². The van der Waals surface area contributed by atoms with Crippen molar-refractivity contribution in [3.05, 3.63) is 53.2 Å². The van der Waals surface area contributed by atoms with E-state index in [9.17, 15) is 4.79 Å². The summed E-state index contributed by atoms with van der Waals surface area (Å²) in [5, 5.41) is 14.4. The number of anilines is 1. The second-order valence-corrected chi connectivity index (χ2v) is 8.34. The number of hydrogen-bond donors (Lipinski definition) is 2. The van der Waals surface area contributed by atoms with Crippen molar-refractivity contribution >= 4 is 11.7 Å². The number of H-pyrrole nitrogens is 1. The molecule has 2 fully saturated rings. The number of carbonyl (C=O) groups excluding carboxylic acids is 1. The van der Waals surface area contributed by atoms with Gasteiger partial charge < -0.3 is 14.8 Å². The molecule has 2 aliphatic carbocycles. The largest absolute Gasteiger partial charge is 0.488 e. The van der Waals surface area contributed by atoms with Gasteiger partial charge in [0, 0.05) is 43.6 Å². The summed E-state index contributed by atoms with van der Waals surface area (Å²) in [5.41, 5.74) is 3.45. The summed E-state index contributed by atoms with van der Waals surface area (Å²) in [4.78, 5) is 16.8. The predicted molar refractivity (Wildman–Crippen MR) is 113 cm³/mol. The van der Waals surface area contributed by atoms with Gasteiger partial charge in [0.25, 0.3) is 5.91 Å². The van der Waals surface area contributed by atoms with Gasteiger partial charge in [0.05, 0.1) is 18.5 Å². The molecule has 0 radical (unpaired) electrons. The number of aromatic nitrogens is 5. The van der Waals surface area contributed by atoms with Crippen LogP contribution in [0.1, 0.15) is 65.0 Å². The molecule has 3 aromatic rings. The first-order valence-electron chi connectivity index (χ1n) is 10.6. The number of aromatic amines is 1. The van der Waals surface area contributed by atoms with Crippen molar-refractivity contribution in [2.75, 3.05) is 12.4 Å². The van der Waals surface area contributed by atoms with Crippen molar-refractivity contribution in [1.29, 1.82) is 0 Å². The lowest BCUT2D eigenvalue weighted by atomic mass is 9.80. The Morgan fingerprint density at radius 2 is 2.13 bits per heavy atom. The van der Waals surface area contributed by atoms with Gasteiger partial charge in [-0.3, -0.25) is 19.6 Å². The number of methoxy groups -OCH3 is 1. The third kappa shape index (κ3) is 4.18. The fourth-order valence-corrected chi connectivity index (χ4v) is 4.06. The van der Waals surface area contributed by atoms with Crippen LogP contribution in [0.5, 0.6) is 5.75 Å². The molecule has 1 amide bonds. The Labute approximate surface area is 180 Å². The zero-order valence-electron chi connectivity index (χ0n) is 17.7. The number of carbonyl (C=O) groups is 1. The van der Waals surface area contributed by atoms with Gasteiger partial charge in [-0.05, 0) is 43.7 Å². The normalized spacial score (nSPS) is 20.3. The highest BCUT2D eigenvalue weighted by Gasteiger charge is 2.35. The molecule has 9 heteroatoms. The first-order chi connectivity index (χ1) is 15.1. The van der Waals surface area contributed by atoms with Crippen LogP contribution in [0.25, 0.3) is 0 Å². The highest BCUT2D eigenvalue weighted by Crippen LogP contribution is 2.46. The van der Waals surface area contributed by atoms with Gasteiger partial charge >= 0.3 is 0 Å². The van der Waals surface area contributed by atoms with Crippen LogP contribution < -0.4 is 10.1 Å². The van der Waals surface area contributed by atoms with Crippen molar-refractivity contribution < 1.29 is 14.3 Å². The summed E-state index contributed by atoms with van der Waals surface area (Å²) >= 11 is 0. The Morgan fingerprint density at radius 3 is 2.90 bits per heavy atom. The van der Waals surface area contributed by atoms with E-state index >= 15 is 0 Å². The van der Waals surface area contributed by atoms with Gasteiger partial charge in [-0.2, -0.15) is 10.2 Å². The third-order valence-corrected chi connectivity index (χ3v) is 5.96. The molecule has 0 atom stereocenters. The van der Waals surface area contributed by atoms with Crippen molar-refractivity contribution in [2.24, 2.45) is 7.05 Å². The average Bonchev–Trinajstić information content (AvgIpc) is 3.37. The average molecular weight is 422 g/mol. The lowest BCUT2D eigenvalue weighted by Gasteiger charge is -2.35. The van der Waals surface area contributed by atoms with E-state index in [0.717, 1.165) is 24.3 Å². The molecule has 2 aliphatic rings. The maximum atomic E-state index is 12.6. The monoisotopic (exact) mass is 422 g/mol. The van der Waals surface area contributed by atoms with Crippen LogP contribution in [0.3, 0.4) is 0 Å². The summed E-state index contributed by atoms with van der Waals surface area (Å²) < 4.78 is 12.8. The topological polar surface area (TPSA) is 107 Å². The molecule has 31 heavy (non-hydrogen) atoms. The van der Waals surface area contributed by atoms with Gasteiger partial charge in [0.15, 0.2) is 5.82 Å². The van der Waals surface area contributed by atoms with Crippen LogP contribution >= 0.6 is 0 Å². The molecule has 3 aromatic heterocycles. The summed E-state index contributed by atoms with van der Waals surface area (Å²) in [5.74, 6) is 2.15. The van der Waals surface area contributed by atoms with E-state index in [2.05, 4.69) is 31.7 Å². The maximum absolute atomic E-state index is 12.6. The van der Waals surface area contributed by atoms with Crippen LogP contribution in [0.15, 0.2) is 30.6 Å². The highest BCUT2D eigenvalue weighted by atomic mass is 16.5. The van der Waals surface area contributed by atoms with E-state index in [4.69, 9.17) is 9.47 Å². The highest BCUT2D eigenvalue weighted by molar-refractivity contribution is 6.02. The summed E-state index contributed by atoms with van der Waals surface area (Å²) in [6.45, 7) is 0.361. The zero-order chi connectivity index (χ0) is 21.4. The Kier molecular flexibility index (Phi) is 5.19. The van der Waals surface area contributed by atoms with Gasteiger partial charge in [-0.1, -0.05) is 0 Å². The van der Waals surface area contributed by atoms with Gasteiger partial charge in [-0.25, -0.2) is 0 Å². The minimum Gasteiger partial charge on any atom is -0.488 e. The van der Waals surface area contributed by atoms with E-state index in [1.54, 1.807) is 24.9 Å². The summed E-state index contributed by atoms with van der Waals surface area (Å²) in [6.07, 6.45) is 8.16. The fourth-order valence-electron chi connectivity index (χ4n) is 4.06. The van der Waals surface area contributed by atoms with E-state index in [0.29, 0.717) is 35.6 Å². The van der Waals surface area contributed by atoms with Gasteiger partial charge in [0.1, 0.15) is 17.5 Å². The van der Waals surface area contributed by atoms with Crippen LogP contribution in [-0.4, -0.2) is 44.1 Å². The Hall–Kier alpha value is -3.20. The van der Waals surface area contributed by atoms with Crippen molar-refractivity contribution in [2.45, 2.75) is 50.2 Å². The van der Waals surface area contributed by atoms with Crippen molar-refractivity contribution in [3.63, 3.8) is 0 Å². The van der Waals surface area contributed by atoms with Crippen LogP contribution in [0, 0.1) is 0 Å². The van der Waals surface area contributed by atoms with Crippen LogP contribution in [0.4, 0.5) is 5.82 Å². The minimum absolute atomic E-state index is 0.182. The number of ether oxygens (including phenoxy) is 2. The molecule has 0 spiro atoms. The van der Waals surface area contributed by atoms with Crippen molar-refractivity contribution in [1.82, 2.24) is 25.0 Å². The lowest BCUT2D eigenvalue weighted by molar-refractivity contribution is 0.0954. The molecule has 5 rings (SSSR count). The first-order valence-corrected chi connectivity index (χ1v) is 10.6. The Morgan fingerprint density at radius 1 is 1.29 bits per heavy atom. The van der Waals surface area contributed by atoms with Crippen molar-refractivity contribution in [3.8, 4) is 5.75 Å². The molecular weight excluding hydrogens is 396 g/mol. The van der Waals surface area contributed by atoms with E-state index in [1.165, 1.54) is 18.4 Å². The zero-order valence-corrected chi connectivity index (χ0v) is 17.7. The molecule has 0 bridgehead atoms. The third-order valence-electron chi connectivity index (χ3n) is 5.96. The van der Waals surface area contributed by atoms with Crippen LogP contribution in [0.2, 0.25) is 0 Å².